The topological polar surface area (TPSA) is 87.2 Å². The molecule has 1 N–H and O–H groups in total. The highest BCUT2D eigenvalue weighted by Gasteiger charge is 2.46. The van der Waals surface area contributed by atoms with E-state index < -0.39 is 22.2 Å². The highest BCUT2D eigenvalue weighted by atomic mass is 32.2. The van der Waals surface area contributed by atoms with E-state index >= 15 is 0 Å². The number of likely N-dealkylation sites (tertiary alicyclic amines) is 1. The number of nitrogens with zero attached hydrogens (tertiary/aromatic N) is 2. The van der Waals surface area contributed by atoms with Gasteiger partial charge in [0.2, 0.25) is 10.0 Å². The Morgan fingerprint density at radius 3 is 2.23 bits per heavy atom. The molecule has 1 unspecified atom stereocenters. The molecule has 1 aromatic rings. The van der Waals surface area contributed by atoms with Crippen molar-refractivity contribution < 1.29 is 36.2 Å². The van der Waals surface area contributed by atoms with Crippen molar-refractivity contribution in [1.82, 2.24) is 9.21 Å². The van der Waals surface area contributed by atoms with Crippen molar-refractivity contribution in [2.45, 2.75) is 50.4 Å². The molecule has 1 atom stereocenters. The number of rotatable bonds is 4. The van der Waals surface area contributed by atoms with Gasteiger partial charge in [-0.25, -0.2) is 13.2 Å². The van der Waals surface area contributed by atoms with Crippen LogP contribution in [0.5, 0.6) is 5.75 Å². The molecular weight excluding hydrogens is 437 g/mol. The number of halogens is 3. The zero-order chi connectivity index (χ0) is 23.3. The van der Waals surface area contributed by atoms with E-state index in [2.05, 4.69) is 17.0 Å². The molecule has 1 aromatic carbocycles. The summed E-state index contributed by atoms with van der Waals surface area (Å²) in [5.41, 5.74) is 1.05. The summed E-state index contributed by atoms with van der Waals surface area (Å²) in [6.07, 6.45) is 1.42. The Morgan fingerprint density at radius 2 is 1.71 bits per heavy atom. The van der Waals surface area contributed by atoms with E-state index in [9.17, 15) is 21.6 Å². The molecule has 31 heavy (non-hydrogen) atoms. The van der Waals surface area contributed by atoms with Crippen molar-refractivity contribution in [3.63, 3.8) is 0 Å². The lowest BCUT2D eigenvalue weighted by molar-refractivity contribution is -0.192. The van der Waals surface area contributed by atoms with Gasteiger partial charge in [0.1, 0.15) is 5.75 Å². The van der Waals surface area contributed by atoms with Crippen molar-refractivity contribution >= 4 is 16.0 Å². The van der Waals surface area contributed by atoms with E-state index in [0.29, 0.717) is 6.54 Å². The summed E-state index contributed by atoms with van der Waals surface area (Å²) in [6.45, 7) is 3.41. The van der Waals surface area contributed by atoms with Crippen LogP contribution in [0.4, 0.5) is 13.2 Å². The highest BCUT2D eigenvalue weighted by Crippen LogP contribution is 2.38. The van der Waals surface area contributed by atoms with Crippen LogP contribution < -0.4 is 4.74 Å². The predicted octanol–water partition coefficient (Wildman–Crippen LogP) is 3.11. The summed E-state index contributed by atoms with van der Waals surface area (Å²) in [5.74, 6) is -1.89. The molecule has 2 saturated heterocycles. The molecule has 2 heterocycles. The van der Waals surface area contributed by atoms with E-state index in [4.69, 9.17) is 14.6 Å². The zero-order valence-electron chi connectivity index (χ0n) is 17.7. The summed E-state index contributed by atoms with van der Waals surface area (Å²) >= 11 is 0. The molecule has 2 fully saturated rings. The maximum Gasteiger partial charge on any atom is 0.490 e. The summed E-state index contributed by atoms with van der Waals surface area (Å²) in [5, 5.41) is 7.12. The van der Waals surface area contributed by atoms with E-state index in [1.807, 2.05) is 12.1 Å². The largest absolute Gasteiger partial charge is 0.497 e. The Kier molecular flexibility index (Phi) is 8.34. The molecule has 0 aromatic heterocycles. The molecular formula is C20H29F3N2O5S. The summed E-state index contributed by atoms with van der Waals surface area (Å²) in [6, 6.07) is 8.15. The number of piperidine rings is 2. The molecule has 3 rings (SSSR count). The maximum absolute atomic E-state index is 12.3. The number of carboxylic acids is 1. The lowest BCUT2D eigenvalue weighted by Gasteiger charge is -2.51. The van der Waals surface area contributed by atoms with Crippen molar-refractivity contribution in [1.29, 1.82) is 0 Å². The van der Waals surface area contributed by atoms with Crippen molar-refractivity contribution in [2.75, 3.05) is 33.0 Å². The number of hydrogen-bond acceptors (Lipinski definition) is 5. The fourth-order valence-electron chi connectivity index (χ4n) is 4.33. The van der Waals surface area contributed by atoms with Gasteiger partial charge in [-0.1, -0.05) is 18.6 Å². The third-order valence-electron chi connectivity index (χ3n) is 5.62. The van der Waals surface area contributed by atoms with E-state index in [1.165, 1.54) is 11.8 Å². The number of alkyl halides is 3. The Bertz CT molecular complexity index is 841. The lowest BCUT2D eigenvalue weighted by Crippen LogP contribution is -2.61. The summed E-state index contributed by atoms with van der Waals surface area (Å²) < 4.78 is 63.3. The second kappa shape index (κ2) is 10.2. The minimum absolute atomic E-state index is 0.198. The van der Waals surface area contributed by atoms with Gasteiger partial charge < -0.3 is 9.84 Å². The van der Waals surface area contributed by atoms with Gasteiger partial charge in [-0.2, -0.15) is 17.5 Å². The van der Waals surface area contributed by atoms with E-state index in [0.717, 1.165) is 57.5 Å². The van der Waals surface area contributed by atoms with Crippen LogP contribution in [0, 0.1) is 0 Å². The molecule has 2 aliphatic heterocycles. The first-order chi connectivity index (χ1) is 14.4. The molecule has 0 bridgehead atoms. The minimum atomic E-state index is -5.08. The van der Waals surface area contributed by atoms with Gasteiger partial charge in [0.05, 0.1) is 13.4 Å². The quantitative estimate of drug-likeness (QED) is 0.734. The van der Waals surface area contributed by atoms with Gasteiger partial charge in [0.15, 0.2) is 0 Å². The van der Waals surface area contributed by atoms with Crippen LogP contribution in [0.2, 0.25) is 0 Å². The van der Waals surface area contributed by atoms with Crippen molar-refractivity contribution in [3.05, 3.63) is 29.8 Å². The Morgan fingerprint density at radius 1 is 1.13 bits per heavy atom. The van der Waals surface area contributed by atoms with Crippen LogP contribution in [-0.2, 0) is 21.4 Å². The molecule has 0 amide bonds. The molecule has 2 aliphatic rings. The number of sulfonamides is 1. The predicted molar refractivity (Wildman–Crippen MR) is 109 cm³/mol. The number of aliphatic carboxylic acids is 1. The number of hydrogen-bond donors (Lipinski definition) is 1. The molecule has 0 saturated carbocycles. The van der Waals surface area contributed by atoms with Gasteiger partial charge in [-0.05, 0) is 49.9 Å². The monoisotopic (exact) mass is 466 g/mol. The first-order valence-electron chi connectivity index (χ1n) is 10.0. The summed E-state index contributed by atoms with van der Waals surface area (Å²) in [7, 11) is -1.48. The Hall–Kier alpha value is -1.85. The van der Waals surface area contributed by atoms with Crippen LogP contribution >= 0.6 is 0 Å². The number of methoxy groups -OCH3 is 1. The van der Waals surface area contributed by atoms with Crippen molar-refractivity contribution in [3.8, 4) is 5.75 Å². The number of ether oxygens (including phenoxy) is 1. The van der Waals surface area contributed by atoms with Crippen LogP contribution in [0.25, 0.3) is 0 Å². The van der Waals surface area contributed by atoms with Gasteiger partial charge >= 0.3 is 12.1 Å². The summed E-state index contributed by atoms with van der Waals surface area (Å²) in [4.78, 5) is 11.3. The number of benzene rings is 1. The third-order valence-corrected chi connectivity index (χ3v) is 7.00. The van der Waals surface area contributed by atoms with Gasteiger partial charge in [-0.3, -0.25) is 4.90 Å². The molecule has 7 nitrogen and oxygen atoms in total. The Labute approximate surface area is 180 Å². The van der Waals surface area contributed by atoms with Gasteiger partial charge in [0, 0.05) is 25.2 Å². The van der Waals surface area contributed by atoms with Crippen LogP contribution in [0.15, 0.2) is 24.3 Å². The smallest absolute Gasteiger partial charge is 0.490 e. The van der Waals surface area contributed by atoms with Crippen LogP contribution in [0.1, 0.15) is 37.7 Å². The van der Waals surface area contributed by atoms with Crippen LogP contribution in [-0.4, -0.2) is 73.4 Å². The lowest BCUT2D eigenvalue weighted by atomic mass is 9.81. The Balaban J connectivity index is 0.000000423. The highest BCUT2D eigenvalue weighted by molar-refractivity contribution is 7.88. The molecule has 0 aliphatic carbocycles. The minimum Gasteiger partial charge on any atom is -0.497 e. The zero-order valence-corrected chi connectivity index (χ0v) is 18.5. The van der Waals surface area contributed by atoms with Gasteiger partial charge in [-0.15, -0.1) is 0 Å². The van der Waals surface area contributed by atoms with Crippen LogP contribution in [0.3, 0.4) is 0 Å². The maximum atomic E-state index is 12.3. The van der Waals surface area contributed by atoms with Crippen molar-refractivity contribution in [2.24, 2.45) is 0 Å². The average Bonchev–Trinajstić information content (AvgIpc) is 2.68. The third kappa shape index (κ3) is 7.08. The van der Waals surface area contributed by atoms with E-state index in [1.54, 1.807) is 11.4 Å². The molecule has 11 heteroatoms. The fraction of sp³-hybridized carbons (Fsp3) is 0.650. The normalized spacial score (nSPS) is 23.1. The number of carbonyl (C=O) groups is 1. The SMILES string of the molecule is COc1ccc(CN2CCCC3(CCCCN3S(C)(=O)=O)C2)cc1.O=C(O)C(F)(F)F. The standard InChI is InChI=1S/C18H28N2O3S.C2HF3O2/c1-23-17-8-6-16(7-9-17)14-19-12-5-11-18(15-19)10-3-4-13-20(18)24(2,21)22;3-2(4,5)1(6)7/h6-9H,3-5,10-15H2,1-2H3;(H,6,7). The second-order valence-electron chi connectivity index (χ2n) is 7.98. The molecule has 1 spiro atoms. The molecule has 0 radical (unpaired) electrons. The van der Waals surface area contributed by atoms with E-state index in [-0.39, 0.29) is 5.54 Å². The second-order valence-corrected chi connectivity index (χ2v) is 9.89. The average molecular weight is 467 g/mol. The first kappa shape index (κ1) is 25.4. The first-order valence-corrected chi connectivity index (χ1v) is 11.9. The number of carboxylic acid groups (broad SMARTS) is 1. The fourth-order valence-corrected chi connectivity index (χ4v) is 5.73. The van der Waals surface area contributed by atoms with Gasteiger partial charge in [0.25, 0.3) is 0 Å². The molecule has 176 valence electrons.